The largest absolute Gasteiger partial charge is 0.323 e. The lowest BCUT2D eigenvalue weighted by Crippen LogP contribution is -2.51. The number of anilines is 2. The molecule has 2 aliphatic rings. The number of likely N-dealkylation sites (N-methyl/N-ethyl adjacent to an activating group) is 1. The number of hydrogen-bond acceptors (Lipinski definition) is 4. The molecule has 1 aliphatic carbocycles. The van der Waals surface area contributed by atoms with Gasteiger partial charge in [-0.25, -0.2) is 0 Å². The fraction of sp³-hybridized carbons (Fsp3) is 0.556. The number of nitrogens with zero attached hydrogens (tertiary/aromatic N) is 2. The minimum Gasteiger partial charge on any atom is -0.323 e. The Bertz CT molecular complexity index is 656. The minimum atomic E-state index is -0.150. The maximum Gasteiger partial charge on any atom is 0.230 e. The number of carbonyl (C=O) groups excluding carboxylic acids is 2. The molecule has 0 radical (unpaired) electrons. The Morgan fingerprint density at radius 3 is 2.62 bits per heavy atom. The molecule has 0 saturated heterocycles. The number of nitrogens with two attached hydrogens (primary N) is 1. The second-order valence-electron chi connectivity index (χ2n) is 6.87. The first-order valence-electron chi connectivity index (χ1n) is 8.59. The van der Waals surface area contributed by atoms with Gasteiger partial charge in [-0.1, -0.05) is 6.07 Å². The summed E-state index contributed by atoms with van der Waals surface area (Å²) in [5.74, 6) is 0.309. The second-order valence-corrected chi connectivity index (χ2v) is 6.87. The predicted molar refractivity (Wildman–Crippen MR) is 95.0 cm³/mol. The Morgan fingerprint density at radius 2 is 2.04 bits per heavy atom. The van der Waals surface area contributed by atoms with Gasteiger partial charge in [-0.3, -0.25) is 9.59 Å². The summed E-state index contributed by atoms with van der Waals surface area (Å²) in [6, 6.07) is 5.66. The monoisotopic (exact) mass is 330 g/mol. The van der Waals surface area contributed by atoms with Gasteiger partial charge in [0.05, 0.1) is 17.4 Å². The van der Waals surface area contributed by atoms with Gasteiger partial charge in [-0.05, 0) is 44.5 Å². The van der Waals surface area contributed by atoms with Crippen LogP contribution in [0.25, 0.3) is 0 Å². The van der Waals surface area contributed by atoms with Crippen molar-refractivity contribution in [2.24, 2.45) is 11.7 Å². The van der Waals surface area contributed by atoms with Gasteiger partial charge in [0.2, 0.25) is 11.8 Å². The zero-order valence-electron chi connectivity index (χ0n) is 14.6. The van der Waals surface area contributed by atoms with Gasteiger partial charge in [0.1, 0.15) is 0 Å². The lowest BCUT2D eigenvalue weighted by molar-refractivity contribution is -0.120. The number of rotatable bonds is 4. The summed E-state index contributed by atoms with van der Waals surface area (Å²) in [6.45, 7) is 4.74. The van der Waals surface area contributed by atoms with Crippen LogP contribution in [0.15, 0.2) is 18.2 Å². The fourth-order valence-electron chi connectivity index (χ4n) is 3.45. The topological polar surface area (TPSA) is 78.7 Å². The molecule has 2 amide bonds. The molecule has 3 N–H and O–H groups in total. The van der Waals surface area contributed by atoms with Crippen LogP contribution in [-0.2, 0) is 9.59 Å². The van der Waals surface area contributed by atoms with Crippen LogP contribution in [0, 0.1) is 5.92 Å². The zero-order chi connectivity index (χ0) is 17.4. The first kappa shape index (κ1) is 16.9. The van der Waals surface area contributed by atoms with Gasteiger partial charge < -0.3 is 20.9 Å². The van der Waals surface area contributed by atoms with Gasteiger partial charge >= 0.3 is 0 Å². The molecule has 6 heteroatoms. The van der Waals surface area contributed by atoms with E-state index >= 15 is 0 Å². The number of nitrogens with one attached hydrogen (secondary N) is 1. The lowest BCUT2D eigenvalue weighted by atomic mass is 10.0. The van der Waals surface area contributed by atoms with Crippen molar-refractivity contribution in [3.8, 4) is 0 Å². The molecule has 0 spiro atoms. The van der Waals surface area contributed by atoms with E-state index in [-0.39, 0.29) is 29.8 Å². The number of hydrogen-bond donors (Lipinski definition) is 2. The Kier molecular flexibility index (Phi) is 4.60. The number of amides is 2. The van der Waals surface area contributed by atoms with E-state index < -0.39 is 0 Å². The third-order valence-corrected chi connectivity index (χ3v) is 4.82. The molecule has 130 valence electrons. The van der Waals surface area contributed by atoms with Crippen molar-refractivity contribution in [2.75, 3.05) is 29.9 Å². The number of fused-ring (bicyclic) bond motifs is 1. The van der Waals surface area contributed by atoms with E-state index in [1.165, 1.54) is 0 Å². The molecule has 1 fully saturated rings. The molecule has 1 aliphatic heterocycles. The molecule has 1 unspecified atom stereocenters. The molecule has 1 heterocycles. The highest BCUT2D eigenvalue weighted by Crippen LogP contribution is 2.41. The van der Waals surface area contributed by atoms with Crippen LogP contribution >= 0.6 is 0 Å². The molecule has 2 atom stereocenters. The maximum absolute atomic E-state index is 12.7. The Hall–Kier alpha value is -1.92. The number of carbonyl (C=O) groups is 2. The normalized spacial score (nSPS) is 21.4. The zero-order valence-corrected chi connectivity index (χ0v) is 14.6. The highest BCUT2D eigenvalue weighted by Gasteiger charge is 2.39. The van der Waals surface area contributed by atoms with Crippen LogP contribution in [0.1, 0.15) is 38.3 Å². The minimum absolute atomic E-state index is 0.00505. The second kappa shape index (κ2) is 6.53. The smallest absolute Gasteiger partial charge is 0.230 e. The van der Waals surface area contributed by atoms with Crippen molar-refractivity contribution in [1.29, 1.82) is 0 Å². The van der Waals surface area contributed by atoms with Crippen molar-refractivity contribution in [3.05, 3.63) is 23.8 Å². The SMILES string of the molecule is CNCC(N)c1ccc2c(c1)N(C(=O)C1CC1)C[C@H](C)N2C(C)=O. The molecular formula is C18H26N4O2. The van der Waals surface area contributed by atoms with Crippen LogP contribution in [0.4, 0.5) is 11.4 Å². The summed E-state index contributed by atoms with van der Waals surface area (Å²) in [5.41, 5.74) is 8.79. The molecule has 0 bridgehead atoms. The standard InChI is InChI=1S/C18H26N4O2/c1-11-10-21(18(24)13-4-5-13)17-8-14(15(19)9-20-3)6-7-16(17)22(11)12(2)23/h6-8,11,13,15,20H,4-5,9-10,19H2,1-3H3/t11-,15?/m0/s1. The first-order valence-corrected chi connectivity index (χ1v) is 8.59. The van der Waals surface area contributed by atoms with Crippen molar-refractivity contribution < 1.29 is 9.59 Å². The van der Waals surface area contributed by atoms with Crippen LogP contribution in [0.3, 0.4) is 0 Å². The summed E-state index contributed by atoms with van der Waals surface area (Å²) < 4.78 is 0. The lowest BCUT2D eigenvalue weighted by Gasteiger charge is -2.41. The molecule has 0 aromatic heterocycles. The molecule has 1 aromatic rings. The van der Waals surface area contributed by atoms with E-state index in [1.54, 1.807) is 11.8 Å². The molecular weight excluding hydrogens is 304 g/mol. The van der Waals surface area contributed by atoms with Gasteiger partial charge in [0, 0.05) is 32.0 Å². The van der Waals surface area contributed by atoms with E-state index in [0.717, 1.165) is 29.8 Å². The molecule has 24 heavy (non-hydrogen) atoms. The van der Waals surface area contributed by atoms with Crippen LogP contribution in [0.2, 0.25) is 0 Å². The highest BCUT2D eigenvalue weighted by molar-refractivity contribution is 6.05. The number of benzene rings is 1. The van der Waals surface area contributed by atoms with E-state index in [2.05, 4.69) is 5.32 Å². The van der Waals surface area contributed by atoms with Gasteiger partial charge in [0.15, 0.2) is 0 Å². The Balaban J connectivity index is 2.03. The van der Waals surface area contributed by atoms with Crippen molar-refractivity contribution in [1.82, 2.24) is 5.32 Å². The van der Waals surface area contributed by atoms with Crippen LogP contribution in [0.5, 0.6) is 0 Å². The van der Waals surface area contributed by atoms with Gasteiger partial charge in [-0.2, -0.15) is 0 Å². The van der Waals surface area contributed by atoms with Gasteiger partial charge in [0.25, 0.3) is 0 Å². The molecule has 6 nitrogen and oxygen atoms in total. The average Bonchev–Trinajstić information content (AvgIpc) is 3.37. The third-order valence-electron chi connectivity index (χ3n) is 4.82. The summed E-state index contributed by atoms with van der Waals surface area (Å²) in [6.07, 6.45) is 1.93. The van der Waals surface area contributed by atoms with Gasteiger partial charge in [-0.15, -0.1) is 0 Å². The van der Waals surface area contributed by atoms with Crippen LogP contribution < -0.4 is 20.9 Å². The summed E-state index contributed by atoms with van der Waals surface area (Å²) in [4.78, 5) is 28.5. The predicted octanol–water partition coefficient (Wildman–Crippen LogP) is 1.40. The van der Waals surface area contributed by atoms with Crippen molar-refractivity contribution >= 4 is 23.2 Å². The molecule has 1 saturated carbocycles. The average molecular weight is 330 g/mol. The van der Waals surface area contributed by atoms with E-state index in [9.17, 15) is 9.59 Å². The Morgan fingerprint density at radius 1 is 1.33 bits per heavy atom. The highest BCUT2D eigenvalue weighted by atomic mass is 16.2. The Labute approximate surface area is 143 Å². The third kappa shape index (κ3) is 3.03. The first-order chi connectivity index (χ1) is 11.4. The van der Waals surface area contributed by atoms with E-state index in [4.69, 9.17) is 5.73 Å². The van der Waals surface area contributed by atoms with E-state index in [1.807, 2.05) is 37.1 Å². The molecule has 1 aromatic carbocycles. The van der Waals surface area contributed by atoms with Crippen molar-refractivity contribution in [3.63, 3.8) is 0 Å². The maximum atomic E-state index is 12.7. The summed E-state index contributed by atoms with van der Waals surface area (Å²) in [5, 5.41) is 3.07. The summed E-state index contributed by atoms with van der Waals surface area (Å²) >= 11 is 0. The summed E-state index contributed by atoms with van der Waals surface area (Å²) in [7, 11) is 1.86. The van der Waals surface area contributed by atoms with E-state index in [0.29, 0.717) is 13.1 Å². The quantitative estimate of drug-likeness (QED) is 0.875. The van der Waals surface area contributed by atoms with Crippen molar-refractivity contribution in [2.45, 2.75) is 38.8 Å². The molecule has 3 rings (SSSR count). The van der Waals surface area contributed by atoms with Crippen LogP contribution in [-0.4, -0.2) is 38.0 Å². The fourth-order valence-corrected chi connectivity index (χ4v) is 3.45.